The number of nitrogens with one attached hydrogen (secondary N) is 1. The number of fused-ring (bicyclic) bond motifs is 1. The number of rotatable bonds is 3. The van der Waals surface area contributed by atoms with Crippen molar-refractivity contribution in [1.29, 1.82) is 4.78 Å². The Balaban J connectivity index is 1.51. The normalized spacial score (nSPS) is 22.6. The van der Waals surface area contributed by atoms with Crippen molar-refractivity contribution in [3.63, 3.8) is 0 Å². The van der Waals surface area contributed by atoms with Crippen LogP contribution in [0, 0.1) is 10.2 Å². The van der Waals surface area contributed by atoms with Crippen LogP contribution in [0.3, 0.4) is 0 Å². The summed E-state index contributed by atoms with van der Waals surface area (Å²) in [5, 5.41) is 1.27. The molecule has 2 fully saturated rings. The molecule has 25 heavy (non-hydrogen) atoms. The Morgan fingerprint density at radius 3 is 2.64 bits per heavy atom. The molecule has 1 aliphatic heterocycles. The highest BCUT2D eigenvalue weighted by atomic mass is 32.2. The smallest absolute Gasteiger partial charge is 0.121 e. The molecule has 1 aromatic carbocycles. The summed E-state index contributed by atoms with van der Waals surface area (Å²) in [5.41, 5.74) is 2.52. The molecule has 5 nitrogen and oxygen atoms in total. The summed E-state index contributed by atoms with van der Waals surface area (Å²) in [6, 6.07) is 8.15. The monoisotopic (exact) mass is 359 g/mol. The van der Waals surface area contributed by atoms with Crippen molar-refractivity contribution in [1.82, 2.24) is 4.98 Å². The van der Waals surface area contributed by atoms with Crippen molar-refractivity contribution in [3.8, 4) is 5.75 Å². The van der Waals surface area contributed by atoms with Crippen molar-refractivity contribution in [2.45, 2.75) is 30.9 Å². The van der Waals surface area contributed by atoms with Crippen LogP contribution < -0.4 is 9.64 Å². The summed E-state index contributed by atoms with van der Waals surface area (Å²) in [5.74, 6) is 0.828. The average molecular weight is 359 g/mol. The Kier molecular flexibility index (Phi) is 3.90. The summed E-state index contributed by atoms with van der Waals surface area (Å²) in [6.45, 7) is 2.03. The highest BCUT2D eigenvalue weighted by molar-refractivity contribution is 7.92. The molecular weight excluding hydrogens is 334 g/mol. The molecule has 0 amide bonds. The molecule has 1 aromatic heterocycles. The second kappa shape index (κ2) is 5.87. The second-order valence-corrected chi connectivity index (χ2v) is 10.1. The number of aromatic nitrogens is 1. The number of hydrogen-bond acceptors (Lipinski definition) is 5. The van der Waals surface area contributed by atoms with Crippen LogP contribution in [0.1, 0.15) is 25.7 Å². The van der Waals surface area contributed by atoms with Gasteiger partial charge in [0, 0.05) is 57.7 Å². The van der Waals surface area contributed by atoms with E-state index >= 15 is 0 Å². The highest BCUT2D eigenvalue weighted by Crippen LogP contribution is 2.52. The van der Waals surface area contributed by atoms with E-state index in [4.69, 9.17) is 9.52 Å². The number of piperidine rings is 1. The fraction of sp³-hybridized carbons (Fsp3) is 0.526. The topological polar surface area (TPSA) is 66.3 Å². The van der Waals surface area contributed by atoms with Gasteiger partial charge in [-0.1, -0.05) is 0 Å². The van der Waals surface area contributed by atoms with Crippen LogP contribution >= 0.6 is 0 Å². The first-order valence-electron chi connectivity index (χ1n) is 8.81. The second-order valence-electron chi connectivity index (χ2n) is 7.63. The fourth-order valence-corrected chi connectivity index (χ4v) is 5.71. The molecule has 134 valence electrons. The number of methoxy groups -OCH3 is 1. The van der Waals surface area contributed by atoms with Gasteiger partial charge in [-0.05, 0) is 49.3 Å². The Labute approximate surface area is 149 Å². The van der Waals surface area contributed by atoms with Crippen LogP contribution in [0.4, 0.5) is 5.69 Å². The predicted octanol–water partition coefficient (Wildman–Crippen LogP) is 3.67. The molecule has 1 unspecified atom stereocenters. The fourth-order valence-electron chi connectivity index (χ4n) is 4.37. The largest absolute Gasteiger partial charge is 0.497 e. The van der Waals surface area contributed by atoms with Gasteiger partial charge in [-0.3, -0.25) is 9.76 Å². The number of benzene rings is 1. The summed E-state index contributed by atoms with van der Waals surface area (Å²) >= 11 is 0. The van der Waals surface area contributed by atoms with Gasteiger partial charge in [0.05, 0.1) is 12.6 Å². The molecule has 2 aliphatic rings. The van der Waals surface area contributed by atoms with E-state index < -0.39 is 9.73 Å². The Hall–Kier alpha value is -1.82. The van der Waals surface area contributed by atoms with E-state index in [0.29, 0.717) is 5.41 Å². The van der Waals surface area contributed by atoms with E-state index in [0.717, 1.165) is 55.4 Å². The minimum atomic E-state index is -2.38. The van der Waals surface area contributed by atoms with Gasteiger partial charge in [-0.2, -0.15) is 0 Å². The molecule has 1 saturated carbocycles. The molecule has 1 N–H and O–H groups in total. The van der Waals surface area contributed by atoms with Gasteiger partial charge in [-0.25, -0.2) is 4.21 Å². The van der Waals surface area contributed by atoms with E-state index in [1.54, 1.807) is 13.4 Å². The SMILES string of the molecule is COc1ccc2c(N3CCC4(CC3)CC(S(C)(=N)=O)C4)ccnc2c1. The van der Waals surface area contributed by atoms with Crippen LogP contribution in [-0.2, 0) is 9.73 Å². The van der Waals surface area contributed by atoms with Crippen LogP contribution in [0.5, 0.6) is 5.75 Å². The molecule has 1 atom stereocenters. The highest BCUT2D eigenvalue weighted by Gasteiger charge is 2.48. The molecule has 1 saturated heterocycles. The first kappa shape index (κ1) is 16.6. The van der Waals surface area contributed by atoms with Crippen molar-refractivity contribution < 1.29 is 8.95 Å². The zero-order chi connectivity index (χ0) is 17.7. The molecule has 1 aliphatic carbocycles. The number of nitrogens with zero attached hydrogens (tertiary/aromatic N) is 2. The van der Waals surface area contributed by atoms with Gasteiger partial charge < -0.3 is 9.64 Å². The molecule has 1 spiro atoms. The van der Waals surface area contributed by atoms with Crippen LogP contribution in [0.15, 0.2) is 30.5 Å². The van der Waals surface area contributed by atoms with Crippen molar-refractivity contribution >= 4 is 26.3 Å². The lowest BCUT2D eigenvalue weighted by Gasteiger charge is -2.52. The minimum absolute atomic E-state index is 0.105. The molecule has 0 bridgehead atoms. The van der Waals surface area contributed by atoms with Gasteiger partial charge in [-0.15, -0.1) is 0 Å². The minimum Gasteiger partial charge on any atom is -0.497 e. The summed E-state index contributed by atoms with van der Waals surface area (Å²) in [4.78, 5) is 6.92. The maximum atomic E-state index is 11.9. The molecule has 6 heteroatoms. The van der Waals surface area contributed by atoms with Crippen molar-refractivity contribution in [2.75, 3.05) is 31.4 Å². The van der Waals surface area contributed by atoms with Crippen LogP contribution in [0.25, 0.3) is 10.9 Å². The first-order chi connectivity index (χ1) is 11.9. The van der Waals surface area contributed by atoms with Crippen LogP contribution in [0.2, 0.25) is 0 Å². The molecule has 0 radical (unpaired) electrons. The lowest BCUT2D eigenvalue weighted by Crippen LogP contribution is -2.51. The van der Waals surface area contributed by atoms with Crippen LogP contribution in [-0.4, -0.2) is 40.9 Å². The Morgan fingerprint density at radius 1 is 1.28 bits per heavy atom. The molecular formula is C19H25N3O2S. The van der Waals surface area contributed by atoms with Crippen molar-refractivity contribution in [3.05, 3.63) is 30.5 Å². The Bertz CT molecular complexity index is 894. The molecule has 2 heterocycles. The summed E-state index contributed by atoms with van der Waals surface area (Å²) in [7, 11) is -0.703. The van der Waals surface area contributed by atoms with Gasteiger partial charge in [0.15, 0.2) is 0 Å². The summed E-state index contributed by atoms with van der Waals surface area (Å²) in [6.07, 6.45) is 7.64. The summed E-state index contributed by atoms with van der Waals surface area (Å²) < 4.78 is 25.0. The third-order valence-electron chi connectivity index (χ3n) is 6.05. The number of pyridine rings is 1. The van der Waals surface area contributed by atoms with Crippen molar-refractivity contribution in [2.24, 2.45) is 5.41 Å². The lowest BCUT2D eigenvalue weighted by molar-refractivity contribution is 0.101. The van der Waals surface area contributed by atoms with E-state index in [1.807, 2.05) is 18.3 Å². The average Bonchev–Trinajstić information content (AvgIpc) is 2.58. The number of hydrogen-bond donors (Lipinski definition) is 1. The zero-order valence-corrected chi connectivity index (χ0v) is 15.6. The standard InChI is InChI=1S/C19H25N3O2S/c1-24-14-3-4-16-17(11-14)21-8-5-18(16)22-9-6-19(7-10-22)12-15(13-19)25(2,20)23/h3-5,8,11,15,20H,6-7,9-10,12-13H2,1-2H3. The number of anilines is 1. The first-order valence-corrected chi connectivity index (χ1v) is 10.8. The molecule has 2 aromatic rings. The quantitative estimate of drug-likeness (QED) is 0.908. The van der Waals surface area contributed by atoms with E-state index in [1.165, 1.54) is 5.69 Å². The van der Waals surface area contributed by atoms with Gasteiger partial charge in [0.25, 0.3) is 0 Å². The molecule has 4 rings (SSSR count). The van der Waals surface area contributed by atoms with Gasteiger partial charge in [0.2, 0.25) is 0 Å². The third kappa shape index (κ3) is 2.97. The number of ether oxygens (including phenoxy) is 1. The van der Waals surface area contributed by atoms with Gasteiger partial charge in [0.1, 0.15) is 5.75 Å². The predicted molar refractivity (Wildman–Crippen MR) is 102 cm³/mol. The third-order valence-corrected chi connectivity index (χ3v) is 7.65. The van der Waals surface area contributed by atoms with Gasteiger partial charge >= 0.3 is 0 Å². The maximum Gasteiger partial charge on any atom is 0.121 e. The Morgan fingerprint density at radius 2 is 2.00 bits per heavy atom. The lowest BCUT2D eigenvalue weighted by atomic mass is 9.63. The maximum absolute atomic E-state index is 11.9. The van der Waals surface area contributed by atoms with E-state index in [2.05, 4.69) is 22.0 Å². The van der Waals surface area contributed by atoms with E-state index in [-0.39, 0.29) is 5.25 Å². The van der Waals surface area contributed by atoms with E-state index in [9.17, 15) is 4.21 Å². The zero-order valence-electron chi connectivity index (χ0n) is 14.8.